The van der Waals surface area contributed by atoms with Crippen LogP contribution in [0.25, 0.3) is 0 Å². The number of hydrogen-bond donors (Lipinski definition) is 1. The van der Waals surface area contributed by atoms with Crippen molar-refractivity contribution >= 4 is 22.9 Å². The van der Waals surface area contributed by atoms with E-state index in [-0.39, 0.29) is 0 Å². The second-order valence-corrected chi connectivity index (χ2v) is 5.65. The van der Waals surface area contributed by atoms with Gasteiger partial charge in [0.15, 0.2) is 0 Å². The van der Waals surface area contributed by atoms with Crippen LogP contribution >= 0.6 is 22.9 Å². The van der Waals surface area contributed by atoms with Crippen molar-refractivity contribution in [2.24, 2.45) is 0 Å². The summed E-state index contributed by atoms with van der Waals surface area (Å²) in [5.74, 6) is 0. The number of nitrogens with one attached hydrogen (secondary N) is 1. The third-order valence-corrected chi connectivity index (χ3v) is 4.32. The Morgan fingerprint density at radius 1 is 1.26 bits per heavy atom. The van der Waals surface area contributed by atoms with Gasteiger partial charge < -0.3 is 5.32 Å². The Morgan fingerprint density at radius 2 is 2.11 bits per heavy atom. The summed E-state index contributed by atoms with van der Waals surface area (Å²) in [5.41, 5.74) is 3.03. The zero-order valence-electron chi connectivity index (χ0n) is 10.7. The lowest BCUT2D eigenvalue weighted by Gasteiger charge is -2.07. The summed E-state index contributed by atoms with van der Waals surface area (Å²) in [7, 11) is 0. The number of aryl methyl sites for hydroxylation is 1. The summed E-state index contributed by atoms with van der Waals surface area (Å²) in [5, 5.41) is 15.0. The fourth-order valence-corrected chi connectivity index (χ4v) is 3.10. The van der Waals surface area contributed by atoms with Gasteiger partial charge in [-0.25, -0.2) is 0 Å². The monoisotopic (exact) mass is 290 g/mol. The second kappa shape index (κ2) is 6.72. The van der Waals surface area contributed by atoms with Gasteiger partial charge in [-0.2, -0.15) is 5.26 Å². The normalized spacial score (nSPS) is 10.4. The number of thiophene rings is 1. The van der Waals surface area contributed by atoms with Crippen molar-refractivity contribution in [1.29, 1.82) is 5.26 Å². The molecule has 1 aromatic carbocycles. The minimum Gasteiger partial charge on any atom is -0.308 e. The largest absolute Gasteiger partial charge is 0.308 e. The Hall–Kier alpha value is -1.34. The van der Waals surface area contributed by atoms with E-state index in [1.165, 1.54) is 10.4 Å². The molecule has 98 valence electrons. The van der Waals surface area contributed by atoms with E-state index < -0.39 is 0 Å². The molecule has 4 heteroatoms. The van der Waals surface area contributed by atoms with Gasteiger partial charge in [0, 0.05) is 23.0 Å². The van der Waals surface area contributed by atoms with Gasteiger partial charge in [-0.05, 0) is 41.1 Å². The first-order chi connectivity index (χ1) is 9.24. The van der Waals surface area contributed by atoms with Crippen LogP contribution in [0.2, 0.25) is 5.02 Å². The molecular formula is C15H15ClN2S. The fourth-order valence-electron chi connectivity index (χ4n) is 1.91. The Balaban J connectivity index is 1.95. The lowest BCUT2D eigenvalue weighted by atomic mass is 10.1. The highest BCUT2D eigenvalue weighted by atomic mass is 35.5. The zero-order valence-corrected chi connectivity index (χ0v) is 12.3. The van der Waals surface area contributed by atoms with E-state index in [2.05, 4.69) is 29.8 Å². The Labute approximate surface area is 122 Å². The molecule has 0 atom stereocenters. The standard InChI is InChI=1S/C15H15ClN2S/c1-2-12-5-6-19-15(12)10-18-9-13-4-3-11(8-17)7-14(13)16/h3-7,18H,2,9-10H2,1H3. The number of nitriles is 1. The van der Waals surface area contributed by atoms with E-state index >= 15 is 0 Å². The van der Waals surface area contributed by atoms with Crippen molar-refractivity contribution in [3.63, 3.8) is 0 Å². The van der Waals surface area contributed by atoms with Crippen LogP contribution in [0.3, 0.4) is 0 Å². The van der Waals surface area contributed by atoms with Crippen LogP contribution in [-0.4, -0.2) is 0 Å². The van der Waals surface area contributed by atoms with Crippen LogP contribution in [0.1, 0.15) is 28.5 Å². The Kier molecular flexibility index (Phi) is 4.98. The van der Waals surface area contributed by atoms with E-state index in [0.29, 0.717) is 17.1 Å². The zero-order chi connectivity index (χ0) is 13.7. The van der Waals surface area contributed by atoms with Gasteiger partial charge in [0.2, 0.25) is 0 Å². The fraction of sp³-hybridized carbons (Fsp3) is 0.267. The van der Waals surface area contributed by atoms with Crippen molar-refractivity contribution in [3.05, 3.63) is 56.2 Å². The summed E-state index contributed by atoms with van der Waals surface area (Å²) < 4.78 is 0. The minimum atomic E-state index is 0.597. The smallest absolute Gasteiger partial charge is 0.0992 e. The van der Waals surface area contributed by atoms with Crippen LogP contribution < -0.4 is 5.32 Å². The third kappa shape index (κ3) is 3.57. The molecule has 0 spiro atoms. The highest BCUT2D eigenvalue weighted by Gasteiger charge is 2.04. The van der Waals surface area contributed by atoms with Gasteiger partial charge in [-0.3, -0.25) is 0 Å². The van der Waals surface area contributed by atoms with Crippen LogP contribution in [0.4, 0.5) is 0 Å². The van der Waals surface area contributed by atoms with E-state index in [0.717, 1.165) is 18.5 Å². The molecule has 0 amide bonds. The van der Waals surface area contributed by atoms with Crippen molar-refractivity contribution < 1.29 is 0 Å². The van der Waals surface area contributed by atoms with Gasteiger partial charge >= 0.3 is 0 Å². The number of benzene rings is 1. The van der Waals surface area contributed by atoms with Crippen molar-refractivity contribution in [2.75, 3.05) is 0 Å². The molecule has 1 aromatic heterocycles. The second-order valence-electron chi connectivity index (χ2n) is 4.24. The molecule has 1 N–H and O–H groups in total. The van der Waals surface area contributed by atoms with E-state index in [4.69, 9.17) is 16.9 Å². The maximum Gasteiger partial charge on any atom is 0.0992 e. The summed E-state index contributed by atoms with van der Waals surface area (Å²) in [6, 6.07) is 9.67. The SMILES string of the molecule is CCc1ccsc1CNCc1ccc(C#N)cc1Cl. The average molecular weight is 291 g/mol. The van der Waals surface area contributed by atoms with Crippen LogP contribution in [0, 0.1) is 11.3 Å². The number of hydrogen-bond acceptors (Lipinski definition) is 3. The summed E-state index contributed by atoms with van der Waals surface area (Å²) >= 11 is 7.92. The maximum absolute atomic E-state index is 8.79. The predicted octanol–water partition coefficient (Wildman–Crippen LogP) is 4.13. The first-order valence-corrected chi connectivity index (χ1v) is 7.44. The number of halogens is 1. The van der Waals surface area contributed by atoms with E-state index in [9.17, 15) is 0 Å². The summed E-state index contributed by atoms with van der Waals surface area (Å²) in [4.78, 5) is 1.38. The maximum atomic E-state index is 8.79. The van der Waals surface area contributed by atoms with Gasteiger partial charge in [-0.1, -0.05) is 24.6 Å². The molecule has 0 radical (unpaired) electrons. The highest BCUT2D eigenvalue weighted by molar-refractivity contribution is 7.10. The molecule has 0 saturated heterocycles. The molecule has 1 heterocycles. The molecule has 0 aliphatic rings. The first kappa shape index (κ1) is 14.1. The number of rotatable bonds is 5. The van der Waals surface area contributed by atoms with Crippen LogP contribution in [0.15, 0.2) is 29.6 Å². The van der Waals surface area contributed by atoms with E-state index in [1.54, 1.807) is 23.5 Å². The van der Waals surface area contributed by atoms with Gasteiger partial charge in [0.1, 0.15) is 0 Å². The highest BCUT2D eigenvalue weighted by Crippen LogP contribution is 2.19. The van der Waals surface area contributed by atoms with Crippen molar-refractivity contribution in [1.82, 2.24) is 5.32 Å². The molecule has 2 nitrogen and oxygen atoms in total. The van der Waals surface area contributed by atoms with Gasteiger partial charge in [0.05, 0.1) is 11.6 Å². The molecule has 2 rings (SSSR count). The molecular weight excluding hydrogens is 276 g/mol. The lowest BCUT2D eigenvalue weighted by molar-refractivity contribution is 0.697. The minimum absolute atomic E-state index is 0.597. The molecule has 0 fully saturated rings. The van der Waals surface area contributed by atoms with Crippen LogP contribution in [-0.2, 0) is 19.5 Å². The van der Waals surface area contributed by atoms with Gasteiger partial charge in [0.25, 0.3) is 0 Å². The average Bonchev–Trinajstić information content (AvgIpc) is 2.88. The Morgan fingerprint density at radius 3 is 2.79 bits per heavy atom. The molecule has 0 aliphatic carbocycles. The predicted molar refractivity (Wildman–Crippen MR) is 80.4 cm³/mol. The quantitative estimate of drug-likeness (QED) is 0.899. The molecule has 0 saturated carbocycles. The van der Waals surface area contributed by atoms with Crippen molar-refractivity contribution in [3.8, 4) is 6.07 Å². The molecule has 2 aromatic rings. The lowest BCUT2D eigenvalue weighted by Crippen LogP contribution is -2.13. The Bertz CT molecular complexity index is 598. The first-order valence-electron chi connectivity index (χ1n) is 6.19. The molecule has 0 unspecified atom stereocenters. The van der Waals surface area contributed by atoms with Crippen molar-refractivity contribution in [2.45, 2.75) is 26.4 Å². The topological polar surface area (TPSA) is 35.8 Å². The molecule has 19 heavy (non-hydrogen) atoms. The summed E-state index contributed by atoms with van der Waals surface area (Å²) in [6.45, 7) is 3.74. The summed E-state index contributed by atoms with van der Waals surface area (Å²) in [6.07, 6.45) is 1.07. The third-order valence-electron chi connectivity index (χ3n) is 3.00. The van der Waals surface area contributed by atoms with Crippen LogP contribution in [0.5, 0.6) is 0 Å². The molecule has 0 aliphatic heterocycles. The van der Waals surface area contributed by atoms with E-state index in [1.807, 2.05) is 6.07 Å². The molecule has 0 bridgehead atoms. The number of nitrogens with zero attached hydrogens (tertiary/aromatic N) is 1. The van der Waals surface area contributed by atoms with Gasteiger partial charge in [-0.15, -0.1) is 11.3 Å².